The predicted octanol–water partition coefficient (Wildman–Crippen LogP) is 3.80. The molecule has 0 spiro atoms. The van der Waals surface area contributed by atoms with Gasteiger partial charge in [-0.25, -0.2) is 0 Å². The van der Waals surface area contributed by atoms with Gasteiger partial charge in [-0.05, 0) is 48.0 Å². The summed E-state index contributed by atoms with van der Waals surface area (Å²) in [7, 11) is 1.51. The first-order valence-electron chi connectivity index (χ1n) is 5.35. The fraction of sp³-hybridized carbons (Fsp3) is 0.0714. The molecule has 0 aromatic heterocycles. The monoisotopic (exact) mass is 261 g/mol. The van der Waals surface area contributed by atoms with Crippen LogP contribution in [0, 0.1) is 0 Å². The van der Waals surface area contributed by atoms with Crippen molar-refractivity contribution >= 4 is 23.5 Å². The summed E-state index contributed by atoms with van der Waals surface area (Å²) in [5.41, 5.74) is 1.60. The van der Waals surface area contributed by atoms with Crippen molar-refractivity contribution in [3.63, 3.8) is 0 Å². The Morgan fingerprint density at radius 1 is 1.17 bits per heavy atom. The summed E-state index contributed by atoms with van der Waals surface area (Å²) >= 11 is 5.78. The molecular formula is C14H12ClNO2. The third-order valence-electron chi connectivity index (χ3n) is 2.39. The summed E-state index contributed by atoms with van der Waals surface area (Å²) in [6, 6.07) is 12.3. The Balaban J connectivity index is 2.18. The van der Waals surface area contributed by atoms with Crippen LogP contribution in [0.1, 0.15) is 5.56 Å². The number of nitrogens with zero attached hydrogens (tertiary/aromatic N) is 1. The Morgan fingerprint density at radius 2 is 1.89 bits per heavy atom. The first kappa shape index (κ1) is 12.5. The van der Waals surface area contributed by atoms with E-state index in [4.69, 9.17) is 16.3 Å². The molecule has 0 aliphatic heterocycles. The zero-order chi connectivity index (χ0) is 13.0. The Morgan fingerprint density at radius 3 is 2.50 bits per heavy atom. The summed E-state index contributed by atoms with van der Waals surface area (Å²) in [6.45, 7) is 0. The summed E-state index contributed by atoms with van der Waals surface area (Å²) in [4.78, 5) is 4.28. The third kappa shape index (κ3) is 3.02. The van der Waals surface area contributed by atoms with Crippen molar-refractivity contribution in [2.24, 2.45) is 4.99 Å². The highest BCUT2D eigenvalue weighted by Gasteiger charge is 2.00. The van der Waals surface area contributed by atoms with Gasteiger partial charge in [-0.2, -0.15) is 0 Å². The molecule has 4 heteroatoms. The van der Waals surface area contributed by atoms with E-state index in [2.05, 4.69) is 4.99 Å². The number of phenolic OH excluding ortho intramolecular Hbond substituents is 1. The maximum absolute atomic E-state index is 9.62. The molecule has 92 valence electrons. The fourth-order valence-corrected chi connectivity index (χ4v) is 1.59. The number of methoxy groups -OCH3 is 1. The first-order chi connectivity index (χ1) is 8.69. The van der Waals surface area contributed by atoms with E-state index in [1.807, 2.05) is 18.2 Å². The zero-order valence-electron chi connectivity index (χ0n) is 9.80. The second-order valence-electron chi connectivity index (χ2n) is 3.67. The lowest BCUT2D eigenvalue weighted by Crippen LogP contribution is -1.86. The van der Waals surface area contributed by atoms with Gasteiger partial charge in [0.15, 0.2) is 11.5 Å². The van der Waals surface area contributed by atoms with E-state index in [1.54, 1.807) is 30.5 Å². The number of aromatic hydroxyl groups is 1. The van der Waals surface area contributed by atoms with E-state index in [9.17, 15) is 5.11 Å². The maximum atomic E-state index is 9.62. The fourth-order valence-electron chi connectivity index (χ4n) is 1.46. The molecule has 0 saturated carbocycles. The van der Waals surface area contributed by atoms with Crippen molar-refractivity contribution in [2.45, 2.75) is 0 Å². The van der Waals surface area contributed by atoms with Crippen LogP contribution in [-0.4, -0.2) is 18.4 Å². The molecule has 0 saturated heterocycles. The highest BCUT2D eigenvalue weighted by Crippen LogP contribution is 2.25. The molecule has 0 aliphatic carbocycles. The standard InChI is InChI=1S/C14H12ClNO2/c1-18-14-7-2-10(8-13(14)17)9-16-12-5-3-11(15)4-6-12/h2-9,17H,1H3. The first-order valence-corrected chi connectivity index (χ1v) is 5.73. The van der Waals surface area contributed by atoms with Crippen molar-refractivity contribution in [1.29, 1.82) is 0 Å². The lowest BCUT2D eigenvalue weighted by atomic mass is 10.2. The number of hydrogen-bond acceptors (Lipinski definition) is 3. The number of halogens is 1. The minimum absolute atomic E-state index is 0.0950. The number of hydrogen-bond donors (Lipinski definition) is 1. The van der Waals surface area contributed by atoms with Gasteiger partial charge in [0.2, 0.25) is 0 Å². The van der Waals surface area contributed by atoms with Crippen LogP contribution < -0.4 is 4.74 Å². The largest absolute Gasteiger partial charge is 0.504 e. The minimum Gasteiger partial charge on any atom is -0.504 e. The molecule has 0 radical (unpaired) electrons. The van der Waals surface area contributed by atoms with Crippen molar-refractivity contribution < 1.29 is 9.84 Å². The topological polar surface area (TPSA) is 41.8 Å². The van der Waals surface area contributed by atoms with Crippen LogP contribution in [0.5, 0.6) is 11.5 Å². The number of rotatable bonds is 3. The van der Waals surface area contributed by atoms with Gasteiger partial charge < -0.3 is 9.84 Å². The number of aliphatic imine (C=N–C) groups is 1. The molecule has 0 unspecified atom stereocenters. The SMILES string of the molecule is COc1ccc(C=Nc2ccc(Cl)cc2)cc1O. The van der Waals surface area contributed by atoms with Crippen molar-refractivity contribution in [3.05, 3.63) is 53.1 Å². The maximum Gasteiger partial charge on any atom is 0.160 e. The van der Waals surface area contributed by atoms with Gasteiger partial charge in [-0.3, -0.25) is 4.99 Å². The van der Waals surface area contributed by atoms with E-state index < -0.39 is 0 Å². The smallest absolute Gasteiger partial charge is 0.160 e. The van der Waals surface area contributed by atoms with Gasteiger partial charge in [0, 0.05) is 11.2 Å². The highest BCUT2D eigenvalue weighted by molar-refractivity contribution is 6.30. The van der Waals surface area contributed by atoms with Crippen molar-refractivity contribution in [1.82, 2.24) is 0 Å². The molecule has 0 aliphatic rings. The molecule has 0 amide bonds. The molecule has 2 aromatic carbocycles. The molecule has 0 heterocycles. The molecule has 2 aromatic rings. The van der Waals surface area contributed by atoms with Gasteiger partial charge >= 0.3 is 0 Å². The zero-order valence-corrected chi connectivity index (χ0v) is 10.6. The molecule has 3 nitrogen and oxygen atoms in total. The molecule has 0 atom stereocenters. The molecule has 1 N–H and O–H groups in total. The highest BCUT2D eigenvalue weighted by atomic mass is 35.5. The minimum atomic E-state index is 0.0950. The molecule has 0 bridgehead atoms. The van der Waals surface area contributed by atoms with Gasteiger partial charge in [0.05, 0.1) is 12.8 Å². The molecule has 0 fully saturated rings. The lowest BCUT2D eigenvalue weighted by Gasteiger charge is -2.03. The third-order valence-corrected chi connectivity index (χ3v) is 2.64. The van der Waals surface area contributed by atoms with Crippen LogP contribution in [0.4, 0.5) is 5.69 Å². The second kappa shape index (κ2) is 5.56. The van der Waals surface area contributed by atoms with Crippen LogP contribution in [0.3, 0.4) is 0 Å². The van der Waals surface area contributed by atoms with Crippen molar-refractivity contribution in [2.75, 3.05) is 7.11 Å². The number of benzene rings is 2. The lowest BCUT2D eigenvalue weighted by molar-refractivity contribution is 0.373. The Kier molecular flexibility index (Phi) is 3.85. The molecule has 2 rings (SSSR count). The second-order valence-corrected chi connectivity index (χ2v) is 4.10. The van der Waals surface area contributed by atoms with E-state index in [1.165, 1.54) is 7.11 Å². The predicted molar refractivity (Wildman–Crippen MR) is 73.4 cm³/mol. The van der Waals surface area contributed by atoms with Crippen LogP contribution in [-0.2, 0) is 0 Å². The average Bonchev–Trinajstić information content (AvgIpc) is 2.38. The summed E-state index contributed by atoms with van der Waals surface area (Å²) in [5.74, 6) is 0.538. The summed E-state index contributed by atoms with van der Waals surface area (Å²) in [6.07, 6.45) is 1.67. The average molecular weight is 262 g/mol. The van der Waals surface area contributed by atoms with E-state index in [0.717, 1.165) is 11.3 Å². The van der Waals surface area contributed by atoms with Gasteiger partial charge in [0.1, 0.15) is 0 Å². The molecular weight excluding hydrogens is 250 g/mol. The van der Waals surface area contributed by atoms with E-state index >= 15 is 0 Å². The van der Waals surface area contributed by atoms with Gasteiger partial charge in [0.25, 0.3) is 0 Å². The van der Waals surface area contributed by atoms with Crippen LogP contribution >= 0.6 is 11.6 Å². The normalized spacial score (nSPS) is 10.8. The Hall–Kier alpha value is -2.00. The summed E-state index contributed by atoms with van der Waals surface area (Å²) < 4.78 is 4.97. The number of ether oxygens (including phenoxy) is 1. The quantitative estimate of drug-likeness (QED) is 0.854. The van der Waals surface area contributed by atoms with Gasteiger partial charge in [-0.15, -0.1) is 0 Å². The van der Waals surface area contributed by atoms with E-state index in [-0.39, 0.29) is 5.75 Å². The van der Waals surface area contributed by atoms with Gasteiger partial charge in [-0.1, -0.05) is 11.6 Å². The molecule has 18 heavy (non-hydrogen) atoms. The van der Waals surface area contributed by atoms with Crippen LogP contribution in [0.2, 0.25) is 5.02 Å². The van der Waals surface area contributed by atoms with Crippen LogP contribution in [0.25, 0.3) is 0 Å². The Bertz CT molecular complexity index is 565. The number of phenols is 1. The summed E-state index contributed by atoms with van der Waals surface area (Å²) in [5, 5.41) is 10.3. The van der Waals surface area contributed by atoms with Crippen molar-refractivity contribution in [3.8, 4) is 11.5 Å². The Labute approximate surface area is 110 Å². The van der Waals surface area contributed by atoms with Crippen LogP contribution in [0.15, 0.2) is 47.5 Å². The van der Waals surface area contributed by atoms with E-state index in [0.29, 0.717) is 10.8 Å².